The predicted molar refractivity (Wildman–Crippen MR) is 59.5 cm³/mol. The average Bonchev–Trinajstić information content (AvgIpc) is 2.17. The summed E-state index contributed by atoms with van der Waals surface area (Å²) in [7, 11) is 0. The van der Waals surface area contributed by atoms with Crippen LogP contribution in [0, 0.1) is 5.92 Å². The van der Waals surface area contributed by atoms with Gasteiger partial charge in [-0.25, -0.2) is 0 Å². The van der Waals surface area contributed by atoms with Gasteiger partial charge in [0.1, 0.15) is 0 Å². The summed E-state index contributed by atoms with van der Waals surface area (Å²) in [5.41, 5.74) is 5.20. The minimum Gasteiger partial charge on any atom is -0.396 e. The van der Waals surface area contributed by atoms with Crippen molar-refractivity contribution in [2.45, 2.75) is 37.9 Å². The first kappa shape index (κ1) is 14.7. The molecule has 1 saturated carbocycles. The van der Waals surface area contributed by atoms with Gasteiger partial charge in [0.15, 0.2) is 0 Å². The zero-order valence-corrected chi connectivity index (χ0v) is 9.92. The van der Waals surface area contributed by atoms with Crippen molar-refractivity contribution < 1.29 is 18.3 Å². The van der Waals surface area contributed by atoms with Crippen molar-refractivity contribution >= 4 is 0 Å². The molecule has 0 heterocycles. The number of nitrogens with two attached hydrogens (primary N) is 1. The van der Waals surface area contributed by atoms with Gasteiger partial charge in [-0.1, -0.05) is 6.42 Å². The Bertz CT molecular complexity index is 219. The van der Waals surface area contributed by atoms with Crippen LogP contribution in [0.15, 0.2) is 0 Å². The van der Waals surface area contributed by atoms with Crippen LogP contribution in [0.5, 0.6) is 0 Å². The molecular formula is C11H21F3N2O. The van der Waals surface area contributed by atoms with Gasteiger partial charge in [0.05, 0.1) is 5.92 Å². The molecule has 0 aliphatic heterocycles. The number of rotatable bonds is 7. The molecule has 0 radical (unpaired) electrons. The topological polar surface area (TPSA) is 49.5 Å². The van der Waals surface area contributed by atoms with E-state index in [9.17, 15) is 13.2 Å². The van der Waals surface area contributed by atoms with Crippen molar-refractivity contribution in [1.29, 1.82) is 0 Å². The molecule has 17 heavy (non-hydrogen) atoms. The quantitative estimate of drug-likeness (QED) is 0.721. The molecule has 1 rings (SSSR count). The molecule has 0 amide bonds. The van der Waals surface area contributed by atoms with E-state index in [4.69, 9.17) is 10.8 Å². The smallest absolute Gasteiger partial charge is 0.394 e. The van der Waals surface area contributed by atoms with E-state index in [0.717, 1.165) is 19.3 Å². The van der Waals surface area contributed by atoms with Crippen molar-refractivity contribution in [2.75, 3.05) is 26.2 Å². The summed E-state index contributed by atoms with van der Waals surface area (Å²) in [5, 5.41) is 8.77. The van der Waals surface area contributed by atoms with E-state index in [1.165, 1.54) is 0 Å². The first-order chi connectivity index (χ1) is 7.99. The van der Waals surface area contributed by atoms with Gasteiger partial charge in [-0.15, -0.1) is 0 Å². The lowest BCUT2D eigenvalue weighted by molar-refractivity contribution is -0.178. The molecule has 1 aliphatic carbocycles. The van der Waals surface area contributed by atoms with Gasteiger partial charge >= 0.3 is 6.18 Å². The van der Waals surface area contributed by atoms with E-state index in [0.29, 0.717) is 13.0 Å². The first-order valence-corrected chi connectivity index (χ1v) is 6.10. The van der Waals surface area contributed by atoms with Gasteiger partial charge in [-0.3, -0.25) is 4.90 Å². The van der Waals surface area contributed by atoms with Gasteiger partial charge in [0.2, 0.25) is 0 Å². The predicted octanol–water partition coefficient (Wildman–Crippen LogP) is 1.36. The second-order valence-corrected chi connectivity index (χ2v) is 4.63. The number of hydrogen-bond donors (Lipinski definition) is 2. The fourth-order valence-electron chi connectivity index (χ4n) is 2.04. The maximum absolute atomic E-state index is 12.6. The van der Waals surface area contributed by atoms with E-state index >= 15 is 0 Å². The highest BCUT2D eigenvalue weighted by Crippen LogP contribution is 2.30. The first-order valence-electron chi connectivity index (χ1n) is 6.10. The molecule has 1 atom stereocenters. The lowest BCUT2D eigenvalue weighted by Crippen LogP contribution is -2.48. The average molecular weight is 254 g/mol. The molecule has 3 N–H and O–H groups in total. The molecule has 1 unspecified atom stereocenters. The lowest BCUT2D eigenvalue weighted by atomic mass is 9.90. The molecular weight excluding hydrogens is 233 g/mol. The van der Waals surface area contributed by atoms with Crippen molar-refractivity contribution in [3.8, 4) is 0 Å². The summed E-state index contributed by atoms with van der Waals surface area (Å²) in [6, 6.07) is 0.248. The second-order valence-electron chi connectivity index (χ2n) is 4.63. The SMILES string of the molecule is NCC(CN(CCCO)C1CCC1)C(F)(F)F. The summed E-state index contributed by atoms with van der Waals surface area (Å²) in [6.07, 6.45) is -0.706. The highest BCUT2D eigenvalue weighted by molar-refractivity contribution is 4.83. The number of aliphatic hydroxyl groups is 1. The molecule has 6 heteroatoms. The van der Waals surface area contributed by atoms with Crippen LogP contribution in [0.25, 0.3) is 0 Å². The minimum atomic E-state index is -4.23. The Morgan fingerprint density at radius 3 is 2.35 bits per heavy atom. The van der Waals surface area contributed by atoms with Crippen LogP contribution in [0.4, 0.5) is 13.2 Å². The minimum absolute atomic E-state index is 0.0164. The molecule has 0 saturated heterocycles. The molecule has 102 valence electrons. The van der Waals surface area contributed by atoms with Crippen LogP contribution in [0.3, 0.4) is 0 Å². The molecule has 1 aliphatic rings. The third-order valence-corrected chi connectivity index (χ3v) is 3.40. The van der Waals surface area contributed by atoms with Crippen molar-refractivity contribution in [3.63, 3.8) is 0 Å². The summed E-state index contributed by atoms with van der Waals surface area (Å²) in [4.78, 5) is 1.84. The van der Waals surface area contributed by atoms with E-state index in [-0.39, 0.29) is 25.7 Å². The number of aliphatic hydroxyl groups excluding tert-OH is 1. The van der Waals surface area contributed by atoms with E-state index in [1.54, 1.807) is 0 Å². The van der Waals surface area contributed by atoms with Crippen molar-refractivity contribution in [2.24, 2.45) is 11.7 Å². The van der Waals surface area contributed by atoms with E-state index < -0.39 is 12.1 Å². The Hall–Kier alpha value is -0.330. The fraction of sp³-hybridized carbons (Fsp3) is 1.00. The largest absolute Gasteiger partial charge is 0.396 e. The molecule has 3 nitrogen and oxygen atoms in total. The Labute approximate surface area is 99.8 Å². The molecule has 1 fully saturated rings. The number of hydrogen-bond acceptors (Lipinski definition) is 3. The monoisotopic (exact) mass is 254 g/mol. The summed E-state index contributed by atoms with van der Waals surface area (Å²) in [5.74, 6) is -1.46. The van der Waals surface area contributed by atoms with E-state index in [1.807, 2.05) is 4.90 Å². The standard InChI is InChI=1S/C11H21F3N2O/c12-11(13,14)9(7-15)8-16(5-2-6-17)10-3-1-4-10/h9-10,17H,1-8,15H2. The summed E-state index contributed by atoms with van der Waals surface area (Å²) >= 11 is 0. The van der Waals surface area contributed by atoms with Gasteiger partial charge < -0.3 is 10.8 Å². The van der Waals surface area contributed by atoms with Crippen molar-refractivity contribution in [3.05, 3.63) is 0 Å². The number of alkyl halides is 3. The third-order valence-electron chi connectivity index (χ3n) is 3.40. The van der Waals surface area contributed by atoms with Crippen LogP contribution in [-0.2, 0) is 0 Å². The van der Waals surface area contributed by atoms with Crippen LogP contribution in [0.2, 0.25) is 0 Å². The Morgan fingerprint density at radius 2 is 2.00 bits per heavy atom. The van der Waals surface area contributed by atoms with Gasteiger partial charge in [0, 0.05) is 32.3 Å². The van der Waals surface area contributed by atoms with Crippen LogP contribution < -0.4 is 5.73 Å². The third kappa shape index (κ3) is 4.44. The Balaban J connectivity index is 2.50. The summed E-state index contributed by atoms with van der Waals surface area (Å²) in [6.45, 7) is 0.132. The number of halogens is 3. The number of nitrogens with zero attached hydrogens (tertiary/aromatic N) is 1. The van der Waals surface area contributed by atoms with Crippen molar-refractivity contribution in [1.82, 2.24) is 4.90 Å². The lowest BCUT2D eigenvalue weighted by Gasteiger charge is -2.39. The maximum Gasteiger partial charge on any atom is 0.394 e. The fourth-order valence-corrected chi connectivity index (χ4v) is 2.04. The van der Waals surface area contributed by atoms with Crippen LogP contribution in [-0.4, -0.2) is 48.5 Å². The van der Waals surface area contributed by atoms with Gasteiger partial charge in [-0.2, -0.15) is 13.2 Å². The molecule has 0 bridgehead atoms. The Morgan fingerprint density at radius 1 is 1.35 bits per heavy atom. The highest BCUT2D eigenvalue weighted by Gasteiger charge is 2.40. The highest BCUT2D eigenvalue weighted by atomic mass is 19.4. The normalized spacial score (nSPS) is 19.4. The van der Waals surface area contributed by atoms with Gasteiger partial charge in [0.25, 0.3) is 0 Å². The molecule has 0 aromatic rings. The molecule has 0 spiro atoms. The zero-order chi connectivity index (χ0) is 12.9. The van der Waals surface area contributed by atoms with Crippen LogP contribution >= 0.6 is 0 Å². The second kappa shape index (κ2) is 6.56. The molecule has 0 aromatic heterocycles. The Kier molecular flexibility index (Phi) is 5.69. The van der Waals surface area contributed by atoms with Gasteiger partial charge in [-0.05, 0) is 19.3 Å². The van der Waals surface area contributed by atoms with Crippen LogP contribution in [0.1, 0.15) is 25.7 Å². The molecule has 0 aromatic carbocycles. The van der Waals surface area contributed by atoms with E-state index in [2.05, 4.69) is 0 Å². The maximum atomic E-state index is 12.6. The zero-order valence-electron chi connectivity index (χ0n) is 9.92. The summed E-state index contributed by atoms with van der Waals surface area (Å²) < 4.78 is 37.9.